The van der Waals surface area contributed by atoms with Gasteiger partial charge < -0.3 is 5.11 Å². The molecule has 0 saturated heterocycles. The average molecular weight is 555 g/mol. The first-order valence-corrected chi connectivity index (χ1v) is 15.1. The average Bonchev–Trinajstić information content (AvgIpc) is 2.91. The van der Waals surface area contributed by atoms with Gasteiger partial charge in [0, 0.05) is 22.6 Å². The van der Waals surface area contributed by atoms with Crippen molar-refractivity contribution < 1.29 is 40.1 Å². The zero-order valence-corrected chi connectivity index (χ0v) is 21.8. The molecule has 0 radical (unpaired) electrons. The molecule has 2 fully saturated rings. The molecule has 2 aromatic carbocycles. The van der Waals surface area contributed by atoms with E-state index in [0.29, 0.717) is 25.7 Å². The predicted molar refractivity (Wildman–Crippen MR) is 132 cm³/mol. The molecule has 0 aromatic heterocycles. The first kappa shape index (κ1) is 27.3. The van der Waals surface area contributed by atoms with Gasteiger partial charge in [-0.25, -0.2) is 11.0 Å². The molecule has 0 spiro atoms. The SMILES string of the molecule is O=C(NOS(=O)(=O)c1ccc(O)c2c(S(=O)(=O)ONC(=O)C3CCCCC3)cccc12)C1CCCCC1. The molecule has 13 heteroatoms. The summed E-state index contributed by atoms with van der Waals surface area (Å²) in [7, 11) is -9.23. The summed E-state index contributed by atoms with van der Waals surface area (Å²) in [6.45, 7) is 0. The fraction of sp³-hybridized carbons (Fsp3) is 0.500. The first-order chi connectivity index (χ1) is 17.6. The minimum Gasteiger partial charge on any atom is -0.507 e. The number of phenols is 1. The number of carbonyl (C=O) groups is 2. The molecule has 2 aliphatic carbocycles. The van der Waals surface area contributed by atoms with E-state index in [4.69, 9.17) is 8.57 Å². The van der Waals surface area contributed by atoms with Crippen molar-refractivity contribution in [1.29, 1.82) is 0 Å². The van der Waals surface area contributed by atoms with Gasteiger partial charge in [-0.05, 0) is 43.9 Å². The number of hydrogen-bond donors (Lipinski definition) is 3. The quantitative estimate of drug-likeness (QED) is 0.416. The van der Waals surface area contributed by atoms with Crippen LogP contribution in [0, 0.1) is 11.8 Å². The van der Waals surface area contributed by atoms with Gasteiger partial charge in [-0.1, -0.05) is 50.7 Å². The second-order valence-electron chi connectivity index (χ2n) is 9.44. The van der Waals surface area contributed by atoms with Gasteiger partial charge in [0.05, 0.1) is 0 Å². The van der Waals surface area contributed by atoms with Gasteiger partial charge in [-0.15, -0.1) is 8.57 Å². The van der Waals surface area contributed by atoms with Crippen LogP contribution in [0.3, 0.4) is 0 Å². The van der Waals surface area contributed by atoms with E-state index >= 15 is 0 Å². The standard InChI is InChI=1S/C24H30N2O9S2/c27-19-14-15-20(36(30,31)34-25-23(28)16-8-3-1-4-9-16)18-12-7-13-21(22(18)19)37(32,33)35-26-24(29)17-10-5-2-6-11-17/h7,12-17,27H,1-6,8-11H2,(H,25,28)(H,26,29). The van der Waals surface area contributed by atoms with E-state index < -0.39 is 47.6 Å². The lowest BCUT2D eigenvalue weighted by Crippen LogP contribution is -2.34. The number of carbonyl (C=O) groups excluding carboxylic acids is 2. The Bertz CT molecular complexity index is 1380. The van der Waals surface area contributed by atoms with Crippen molar-refractivity contribution in [2.45, 2.75) is 74.0 Å². The van der Waals surface area contributed by atoms with Gasteiger partial charge in [-0.2, -0.15) is 16.8 Å². The minimum atomic E-state index is -4.64. The Morgan fingerprint density at radius 3 is 1.70 bits per heavy atom. The van der Waals surface area contributed by atoms with Crippen LogP contribution < -0.4 is 11.0 Å². The highest BCUT2D eigenvalue weighted by atomic mass is 32.2. The molecule has 2 saturated carbocycles. The van der Waals surface area contributed by atoms with Crippen molar-refractivity contribution >= 4 is 42.8 Å². The number of phenolic OH excluding ortho intramolecular Hbond substituents is 1. The van der Waals surface area contributed by atoms with E-state index in [-0.39, 0.29) is 22.6 Å². The number of fused-ring (bicyclic) bond motifs is 1. The number of hydrogen-bond acceptors (Lipinski definition) is 9. The minimum absolute atomic E-state index is 0.171. The van der Waals surface area contributed by atoms with Gasteiger partial charge in [0.1, 0.15) is 15.5 Å². The van der Waals surface area contributed by atoms with E-state index in [2.05, 4.69) is 0 Å². The summed E-state index contributed by atoms with van der Waals surface area (Å²) in [6.07, 6.45) is 8.02. The third-order valence-corrected chi connectivity index (χ3v) is 9.31. The van der Waals surface area contributed by atoms with Crippen LogP contribution in [0.1, 0.15) is 64.2 Å². The maximum absolute atomic E-state index is 13.0. The molecular formula is C24H30N2O9S2. The van der Waals surface area contributed by atoms with Crippen molar-refractivity contribution in [3.63, 3.8) is 0 Å². The highest BCUT2D eigenvalue weighted by Gasteiger charge is 2.29. The lowest BCUT2D eigenvalue weighted by Gasteiger charge is -2.20. The summed E-state index contributed by atoms with van der Waals surface area (Å²) in [6, 6.07) is 5.71. The molecule has 0 atom stereocenters. The van der Waals surface area contributed by atoms with Crippen molar-refractivity contribution in [3.8, 4) is 5.75 Å². The van der Waals surface area contributed by atoms with E-state index in [1.807, 2.05) is 11.0 Å². The summed E-state index contributed by atoms with van der Waals surface area (Å²) in [5, 5.41) is 9.96. The van der Waals surface area contributed by atoms with Crippen LogP contribution in [0.4, 0.5) is 0 Å². The van der Waals surface area contributed by atoms with Gasteiger partial charge in [0.25, 0.3) is 0 Å². The molecule has 37 heavy (non-hydrogen) atoms. The monoisotopic (exact) mass is 554 g/mol. The number of rotatable bonds is 8. The Labute approximate surface area is 215 Å². The summed E-state index contributed by atoms with van der Waals surface area (Å²) >= 11 is 0. The first-order valence-electron chi connectivity index (χ1n) is 12.3. The van der Waals surface area contributed by atoms with Crippen molar-refractivity contribution in [1.82, 2.24) is 11.0 Å². The Hall–Kier alpha value is -2.74. The number of aromatic hydroxyl groups is 1. The maximum atomic E-state index is 13.0. The Morgan fingerprint density at radius 1 is 0.703 bits per heavy atom. The smallest absolute Gasteiger partial charge is 0.318 e. The number of hydroxylamine groups is 2. The third kappa shape index (κ3) is 6.22. The Balaban J connectivity index is 1.57. The van der Waals surface area contributed by atoms with Crippen LogP contribution in [-0.4, -0.2) is 33.8 Å². The highest BCUT2D eigenvalue weighted by Crippen LogP contribution is 2.36. The number of amides is 2. The van der Waals surface area contributed by atoms with Crippen molar-refractivity contribution in [2.75, 3.05) is 0 Å². The maximum Gasteiger partial charge on any atom is 0.318 e. The van der Waals surface area contributed by atoms with E-state index in [9.17, 15) is 31.5 Å². The van der Waals surface area contributed by atoms with Crippen molar-refractivity contribution in [3.05, 3.63) is 30.3 Å². The second kappa shape index (κ2) is 11.3. The van der Waals surface area contributed by atoms with Gasteiger partial charge >= 0.3 is 20.2 Å². The Kier molecular flexibility index (Phi) is 8.36. The van der Waals surface area contributed by atoms with Crippen LogP contribution in [-0.2, 0) is 38.4 Å². The Morgan fingerprint density at radius 2 is 1.19 bits per heavy atom. The zero-order chi connectivity index (χ0) is 26.6. The largest absolute Gasteiger partial charge is 0.507 e. The summed E-state index contributed by atoms with van der Waals surface area (Å²) in [4.78, 5) is 23.7. The van der Waals surface area contributed by atoms with Crippen LogP contribution >= 0.6 is 0 Å². The molecular weight excluding hydrogens is 524 g/mol. The van der Waals surface area contributed by atoms with Crippen molar-refractivity contribution in [2.24, 2.45) is 11.8 Å². The van der Waals surface area contributed by atoms with E-state index in [1.54, 1.807) is 0 Å². The normalized spacial score (nSPS) is 17.9. The molecule has 2 aromatic rings. The molecule has 0 bridgehead atoms. The zero-order valence-electron chi connectivity index (χ0n) is 20.1. The fourth-order valence-corrected chi connectivity index (χ4v) is 6.88. The molecule has 2 aliphatic rings. The molecule has 0 heterocycles. The highest BCUT2D eigenvalue weighted by molar-refractivity contribution is 7.87. The topological polar surface area (TPSA) is 165 Å². The van der Waals surface area contributed by atoms with Crippen LogP contribution in [0.15, 0.2) is 40.1 Å². The second-order valence-corrected chi connectivity index (χ2v) is 12.5. The third-order valence-electron chi connectivity index (χ3n) is 6.93. The molecule has 4 rings (SSSR count). The molecule has 0 aliphatic heterocycles. The number of nitrogens with one attached hydrogen (secondary N) is 2. The number of benzene rings is 2. The van der Waals surface area contributed by atoms with Crippen LogP contribution in [0.2, 0.25) is 0 Å². The molecule has 2 amide bonds. The van der Waals surface area contributed by atoms with E-state index in [0.717, 1.165) is 56.7 Å². The van der Waals surface area contributed by atoms with Gasteiger partial charge in [0.2, 0.25) is 11.8 Å². The van der Waals surface area contributed by atoms with Gasteiger partial charge in [0.15, 0.2) is 0 Å². The summed E-state index contributed by atoms with van der Waals surface area (Å²) < 4.78 is 61.4. The molecule has 0 unspecified atom stereocenters. The molecule has 202 valence electrons. The lowest BCUT2D eigenvalue weighted by molar-refractivity contribution is -0.133. The fourth-order valence-electron chi connectivity index (χ4n) is 4.93. The molecule has 3 N–H and O–H groups in total. The van der Waals surface area contributed by atoms with Crippen LogP contribution in [0.5, 0.6) is 5.75 Å². The predicted octanol–water partition coefficient (Wildman–Crippen LogP) is 3.18. The van der Waals surface area contributed by atoms with E-state index in [1.165, 1.54) is 12.1 Å². The summed E-state index contributed by atoms with van der Waals surface area (Å²) in [5.74, 6) is -2.34. The van der Waals surface area contributed by atoms with Crippen LogP contribution in [0.25, 0.3) is 10.8 Å². The van der Waals surface area contributed by atoms with Gasteiger partial charge in [-0.3, -0.25) is 9.59 Å². The molecule has 11 nitrogen and oxygen atoms in total. The summed E-state index contributed by atoms with van der Waals surface area (Å²) in [5.41, 5.74) is 3.98. The lowest BCUT2D eigenvalue weighted by atomic mass is 9.89.